The van der Waals surface area contributed by atoms with E-state index in [-0.39, 0.29) is 0 Å². The maximum Gasteiger partial charge on any atom is 0.144 e. The number of ether oxygens (including phenoxy) is 3. The molecule has 2 aromatic carbocycles. The molecule has 112 valence electrons. The van der Waals surface area contributed by atoms with Crippen LogP contribution in [0.4, 0.5) is 17.1 Å². The third-order valence-electron chi connectivity index (χ3n) is 3.00. The van der Waals surface area contributed by atoms with E-state index in [4.69, 9.17) is 19.9 Å². The number of hydrogen-bond donors (Lipinski definition) is 2. The first-order valence-corrected chi connectivity index (χ1v) is 6.69. The van der Waals surface area contributed by atoms with Crippen LogP contribution in [0.3, 0.4) is 0 Å². The minimum absolute atomic E-state index is 0.570. The molecule has 0 radical (unpaired) electrons. The SMILES string of the molecule is CCOc1cccc(Nc2cc(OC)cc(OC)c2)c1N. The van der Waals surface area contributed by atoms with Crippen molar-refractivity contribution in [1.82, 2.24) is 0 Å². The molecule has 2 aromatic rings. The number of rotatable bonds is 6. The van der Waals surface area contributed by atoms with Crippen LogP contribution in [0.25, 0.3) is 0 Å². The maximum atomic E-state index is 6.11. The zero-order valence-corrected chi connectivity index (χ0v) is 12.5. The lowest BCUT2D eigenvalue weighted by Gasteiger charge is -2.14. The van der Waals surface area contributed by atoms with Crippen molar-refractivity contribution in [2.24, 2.45) is 0 Å². The molecule has 0 fully saturated rings. The van der Waals surface area contributed by atoms with E-state index in [2.05, 4.69) is 5.32 Å². The Morgan fingerprint density at radius 1 is 1.05 bits per heavy atom. The van der Waals surface area contributed by atoms with Crippen LogP contribution in [0, 0.1) is 0 Å². The van der Waals surface area contributed by atoms with Gasteiger partial charge in [0.1, 0.15) is 17.2 Å². The van der Waals surface area contributed by atoms with E-state index in [1.165, 1.54) is 0 Å². The first kappa shape index (κ1) is 14.8. The van der Waals surface area contributed by atoms with Crippen LogP contribution in [-0.4, -0.2) is 20.8 Å². The molecule has 2 rings (SSSR count). The molecule has 0 atom stereocenters. The number of anilines is 3. The molecule has 0 unspecified atom stereocenters. The average molecular weight is 288 g/mol. The summed E-state index contributed by atoms with van der Waals surface area (Å²) in [6, 6.07) is 11.2. The van der Waals surface area contributed by atoms with E-state index >= 15 is 0 Å². The third kappa shape index (κ3) is 3.51. The number of benzene rings is 2. The number of para-hydroxylation sites is 1. The predicted octanol–water partition coefficient (Wildman–Crippen LogP) is 3.43. The third-order valence-corrected chi connectivity index (χ3v) is 3.00. The van der Waals surface area contributed by atoms with Crippen molar-refractivity contribution in [3.8, 4) is 17.2 Å². The lowest BCUT2D eigenvalue weighted by molar-refractivity contribution is 0.342. The molecule has 0 saturated carbocycles. The molecule has 0 bridgehead atoms. The molecule has 21 heavy (non-hydrogen) atoms. The molecule has 0 heterocycles. The molecule has 0 aliphatic carbocycles. The second-order valence-corrected chi connectivity index (χ2v) is 4.38. The van der Waals surface area contributed by atoms with Crippen molar-refractivity contribution >= 4 is 17.1 Å². The Balaban J connectivity index is 2.31. The first-order chi connectivity index (χ1) is 10.2. The molecule has 0 saturated heterocycles. The van der Waals surface area contributed by atoms with Gasteiger partial charge in [-0.3, -0.25) is 0 Å². The van der Waals surface area contributed by atoms with Crippen molar-refractivity contribution in [2.45, 2.75) is 6.92 Å². The molecule has 0 aromatic heterocycles. The Hall–Kier alpha value is -2.56. The quantitative estimate of drug-likeness (QED) is 0.797. The van der Waals surface area contributed by atoms with Crippen LogP contribution in [-0.2, 0) is 0 Å². The van der Waals surface area contributed by atoms with Crippen molar-refractivity contribution in [3.63, 3.8) is 0 Å². The van der Waals surface area contributed by atoms with Gasteiger partial charge in [-0.1, -0.05) is 6.07 Å². The van der Waals surface area contributed by atoms with Crippen LogP contribution >= 0.6 is 0 Å². The lowest BCUT2D eigenvalue weighted by Crippen LogP contribution is -2.01. The van der Waals surface area contributed by atoms with Crippen LogP contribution in [0.5, 0.6) is 17.2 Å². The minimum Gasteiger partial charge on any atom is -0.497 e. The van der Waals surface area contributed by atoms with E-state index in [0.717, 1.165) is 11.4 Å². The summed E-state index contributed by atoms with van der Waals surface area (Å²) in [5.74, 6) is 2.07. The van der Waals surface area contributed by atoms with E-state index < -0.39 is 0 Å². The largest absolute Gasteiger partial charge is 0.497 e. The number of hydrogen-bond acceptors (Lipinski definition) is 5. The summed E-state index contributed by atoms with van der Waals surface area (Å²) in [6.45, 7) is 2.49. The lowest BCUT2D eigenvalue weighted by atomic mass is 10.2. The van der Waals surface area contributed by atoms with Gasteiger partial charge in [0.25, 0.3) is 0 Å². The fourth-order valence-corrected chi connectivity index (χ4v) is 1.97. The molecule has 0 amide bonds. The van der Waals surface area contributed by atoms with E-state index in [1.807, 2.05) is 43.3 Å². The van der Waals surface area contributed by atoms with Crippen molar-refractivity contribution in [1.29, 1.82) is 0 Å². The maximum absolute atomic E-state index is 6.11. The van der Waals surface area contributed by atoms with Crippen molar-refractivity contribution in [3.05, 3.63) is 36.4 Å². The fourth-order valence-electron chi connectivity index (χ4n) is 1.97. The highest BCUT2D eigenvalue weighted by molar-refractivity contribution is 5.78. The second kappa shape index (κ2) is 6.74. The Morgan fingerprint density at radius 3 is 2.29 bits per heavy atom. The van der Waals surface area contributed by atoms with Crippen molar-refractivity contribution in [2.75, 3.05) is 31.9 Å². The zero-order valence-electron chi connectivity index (χ0n) is 12.5. The molecular formula is C16H20N2O3. The van der Waals surface area contributed by atoms with Crippen LogP contribution < -0.4 is 25.3 Å². The van der Waals surface area contributed by atoms with Gasteiger partial charge in [-0.2, -0.15) is 0 Å². The summed E-state index contributed by atoms with van der Waals surface area (Å²) in [7, 11) is 3.23. The van der Waals surface area contributed by atoms with Crippen LogP contribution in [0.2, 0.25) is 0 Å². The monoisotopic (exact) mass is 288 g/mol. The molecule has 5 nitrogen and oxygen atoms in total. The number of nitrogen functional groups attached to an aromatic ring is 1. The van der Waals surface area contributed by atoms with Crippen molar-refractivity contribution < 1.29 is 14.2 Å². The topological polar surface area (TPSA) is 65.7 Å². The standard InChI is InChI=1S/C16H20N2O3/c1-4-21-15-7-5-6-14(16(15)17)18-11-8-12(19-2)10-13(9-11)20-3/h5-10,18H,4,17H2,1-3H3. The Kier molecular flexibility index (Phi) is 4.77. The van der Waals surface area contributed by atoms with Gasteiger partial charge in [-0.15, -0.1) is 0 Å². The van der Waals surface area contributed by atoms with E-state index in [0.29, 0.717) is 29.5 Å². The Labute approximate surface area is 124 Å². The normalized spacial score (nSPS) is 10.0. The predicted molar refractivity (Wildman–Crippen MR) is 84.9 cm³/mol. The van der Waals surface area contributed by atoms with Gasteiger partial charge in [0, 0.05) is 23.9 Å². The Morgan fingerprint density at radius 2 is 1.71 bits per heavy atom. The zero-order chi connectivity index (χ0) is 15.2. The highest BCUT2D eigenvalue weighted by Gasteiger charge is 2.08. The summed E-state index contributed by atoms with van der Waals surface area (Å²) < 4.78 is 16.0. The smallest absolute Gasteiger partial charge is 0.144 e. The molecule has 0 spiro atoms. The molecule has 3 N–H and O–H groups in total. The summed E-state index contributed by atoms with van der Waals surface area (Å²) in [4.78, 5) is 0. The second-order valence-electron chi connectivity index (χ2n) is 4.38. The van der Waals surface area contributed by atoms with Gasteiger partial charge in [-0.25, -0.2) is 0 Å². The summed E-state index contributed by atoms with van der Waals surface area (Å²) in [5, 5.41) is 3.26. The number of methoxy groups -OCH3 is 2. The fraction of sp³-hybridized carbons (Fsp3) is 0.250. The number of nitrogens with two attached hydrogens (primary N) is 1. The Bertz CT molecular complexity index is 592. The summed E-state index contributed by atoms with van der Waals surface area (Å²) in [5.41, 5.74) is 8.28. The average Bonchev–Trinajstić information content (AvgIpc) is 2.51. The first-order valence-electron chi connectivity index (χ1n) is 6.69. The van der Waals surface area contributed by atoms with Crippen LogP contribution in [0.15, 0.2) is 36.4 Å². The molecule has 0 aliphatic rings. The van der Waals surface area contributed by atoms with Gasteiger partial charge in [0.15, 0.2) is 0 Å². The summed E-state index contributed by atoms with van der Waals surface area (Å²) in [6.07, 6.45) is 0. The highest BCUT2D eigenvalue weighted by atomic mass is 16.5. The molecule has 0 aliphatic heterocycles. The summed E-state index contributed by atoms with van der Waals surface area (Å²) >= 11 is 0. The van der Waals surface area contributed by atoms with Gasteiger partial charge in [-0.05, 0) is 19.1 Å². The van der Waals surface area contributed by atoms with Gasteiger partial charge in [0.2, 0.25) is 0 Å². The minimum atomic E-state index is 0.570. The highest BCUT2D eigenvalue weighted by Crippen LogP contribution is 2.34. The molecular weight excluding hydrogens is 268 g/mol. The van der Waals surface area contributed by atoms with E-state index in [1.54, 1.807) is 14.2 Å². The van der Waals surface area contributed by atoms with Gasteiger partial charge >= 0.3 is 0 Å². The molecule has 5 heteroatoms. The van der Waals surface area contributed by atoms with E-state index in [9.17, 15) is 0 Å². The van der Waals surface area contributed by atoms with Gasteiger partial charge < -0.3 is 25.3 Å². The number of nitrogens with one attached hydrogen (secondary N) is 1. The van der Waals surface area contributed by atoms with Crippen LogP contribution in [0.1, 0.15) is 6.92 Å². The van der Waals surface area contributed by atoms with Gasteiger partial charge in [0.05, 0.1) is 32.2 Å².